The van der Waals surface area contributed by atoms with E-state index in [9.17, 15) is 9.59 Å². The van der Waals surface area contributed by atoms with Crippen LogP contribution in [0.1, 0.15) is 57.8 Å². The molecule has 5 aliphatic rings. The van der Waals surface area contributed by atoms with Gasteiger partial charge in [0.25, 0.3) is 6.47 Å². The average Bonchev–Trinajstić information content (AvgIpc) is 3.12. The van der Waals surface area contributed by atoms with Crippen LogP contribution >= 0.6 is 0 Å². The molecule has 5 fully saturated rings. The third-order valence-corrected chi connectivity index (χ3v) is 8.63. The normalized spacial score (nSPS) is 52.5. The third-order valence-electron chi connectivity index (χ3n) is 8.63. The monoisotopic (exact) mass is 332 g/mol. The van der Waals surface area contributed by atoms with Crippen molar-refractivity contribution in [2.45, 2.75) is 63.9 Å². The lowest BCUT2D eigenvalue weighted by molar-refractivity contribution is -0.157. The number of esters is 1. The Labute approximate surface area is 143 Å². The van der Waals surface area contributed by atoms with E-state index in [0.717, 1.165) is 42.9 Å². The van der Waals surface area contributed by atoms with Crippen LogP contribution in [0.25, 0.3) is 0 Å². The zero-order valence-corrected chi connectivity index (χ0v) is 14.3. The van der Waals surface area contributed by atoms with Crippen LogP contribution in [0.2, 0.25) is 0 Å². The summed E-state index contributed by atoms with van der Waals surface area (Å²) in [6.07, 6.45) is 10.7. The Hall–Kier alpha value is -1.06. The van der Waals surface area contributed by atoms with Crippen molar-refractivity contribution in [1.82, 2.24) is 0 Å². The molecule has 4 heteroatoms. The molecule has 24 heavy (non-hydrogen) atoms. The Bertz CT molecular complexity index is 546. The van der Waals surface area contributed by atoms with E-state index in [0.29, 0.717) is 24.9 Å². The van der Waals surface area contributed by atoms with Gasteiger partial charge in [-0.1, -0.05) is 0 Å². The standard InChI is InChI=1S/C20H28O4/c21-11-24-14-3-5-15-12(9-14)1-4-17-16(15)7-8-20-13(2-6-18(17)20)10-23-19(20)22/h11-18H,1-10H2/t12-,13?,14-,15-,16?,17?,18?,20-/m0/s1. The Morgan fingerprint density at radius 3 is 2.75 bits per heavy atom. The summed E-state index contributed by atoms with van der Waals surface area (Å²) in [6, 6.07) is 0. The molecule has 5 rings (SSSR count). The second kappa shape index (κ2) is 5.47. The highest BCUT2D eigenvalue weighted by Crippen LogP contribution is 2.66. The van der Waals surface area contributed by atoms with E-state index in [2.05, 4.69) is 0 Å². The van der Waals surface area contributed by atoms with Gasteiger partial charge in [-0.25, -0.2) is 0 Å². The van der Waals surface area contributed by atoms with E-state index in [1.54, 1.807) is 0 Å². The van der Waals surface area contributed by atoms with E-state index in [4.69, 9.17) is 9.47 Å². The summed E-state index contributed by atoms with van der Waals surface area (Å²) in [4.78, 5) is 23.3. The van der Waals surface area contributed by atoms with E-state index in [-0.39, 0.29) is 17.5 Å². The molecule has 4 unspecified atom stereocenters. The van der Waals surface area contributed by atoms with Gasteiger partial charge in [0.1, 0.15) is 6.10 Å². The maximum atomic E-state index is 12.6. The average molecular weight is 332 g/mol. The fourth-order valence-corrected chi connectivity index (χ4v) is 7.76. The van der Waals surface area contributed by atoms with Crippen LogP contribution in [0, 0.1) is 40.9 Å². The van der Waals surface area contributed by atoms with Crippen LogP contribution < -0.4 is 0 Å². The van der Waals surface area contributed by atoms with Gasteiger partial charge in [-0.05, 0) is 87.4 Å². The molecule has 4 aliphatic carbocycles. The summed E-state index contributed by atoms with van der Waals surface area (Å²) in [5.41, 5.74) is -0.105. The van der Waals surface area contributed by atoms with Gasteiger partial charge in [0.2, 0.25) is 0 Å². The Kier molecular flexibility index (Phi) is 3.47. The highest BCUT2D eigenvalue weighted by atomic mass is 16.5. The zero-order chi connectivity index (χ0) is 16.3. The molecule has 0 amide bonds. The summed E-state index contributed by atoms with van der Waals surface area (Å²) in [5, 5.41) is 0. The van der Waals surface area contributed by atoms with Gasteiger partial charge in [0, 0.05) is 5.92 Å². The lowest BCUT2D eigenvalue weighted by Gasteiger charge is -2.54. The summed E-state index contributed by atoms with van der Waals surface area (Å²) < 4.78 is 10.8. The third kappa shape index (κ3) is 1.91. The number of rotatable bonds is 2. The molecule has 4 nitrogen and oxygen atoms in total. The number of fused-ring (bicyclic) bond motifs is 4. The molecule has 1 heterocycles. The summed E-state index contributed by atoms with van der Waals surface area (Å²) in [5.74, 6) is 4.28. The van der Waals surface area contributed by atoms with Crippen LogP contribution in [-0.4, -0.2) is 25.2 Å². The Balaban J connectivity index is 1.37. The number of carbonyl (C=O) groups excluding carboxylic acids is 2. The molecule has 1 spiro atoms. The molecule has 4 saturated carbocycles. The molecule has 0 aromatic rings. The van der Waals surface area contributed by atoms with Gasteiger partial charge >= 0.3 is 5.97 Å². The van der Waals surface area contributed by atoms with Crippen molar-refractivity contribution in [3.63, 3.8) is 0 Å². The molecule has 0 N–H and O–H groups in total. The van der Waals surface area contributed by atoms with Crippen molar-refractivity contribution in [2.24, 2.45) is 40.9 Å². The lowest BCUT2D eigenvalue weighted by atomic mass is 9.49. The van der Waals surface area contributed by atoms with Gasteiger partial charge in [-0.15, -0.1) is 0 Å². The first kappa shape index (κ1) is 15.2. The molecule has 0 bridgehead atoms. The van der Waals surface area contributed by atoms with Gasteiger partial charge in [-0.2, -0.15) is 0 Å². The number of cyclic esters (lactones) is 1. The molecular weight excluding hydrogens is 304 g/mol. The van der Waals surface area contributed by atoms with Gasteiger partial charge in [-0.3, -0.25) is 9.59 Å². The topological polar surface area (TPSA) is 52.6 Å². The van der Waals surface area contributed by atoms with Crippen LogP contribution in [0.5, 0.6) is 0 Å². The predicted molar refractivity (Wildman–Crippen MR) is 86.8 cm³/mol. The molecule has 0 radical (unpaired) electrons. The van der Waals surface area contributed by atoms with E-state index < -0.39 is 0 Å². The predicted octanol–water partition coefficient (Wildman–Crippen LogP) is 3.33. The van der Waals surface area contributed by atoms with Crippen LogP contribution in [0.3, 0.4) is 0 Å². The fourth-order valence-electron chi connectivity index (χ4n) is 7.76. The van der Waals surface area contributed by atoms with E-state index in [1.807, 2.05) is 0 Å². The van der Waals surface area contributed by atoms with Crippen molar-refractivity contribution < 1.29 is 19.1 Å². The minimum Gasteiger partial charge on any atom is -0.465 e. The first-order valence-corrected chi connectivity index (χ1v) is 10.0. The van der Waals surface area contributed by atoms with Crippen LogP contribution in [0.15, 0.2) is 0 Å². The summed E-state index contributed by atoms with van der Waals surface area (Å²) in [6.45, 7) is 1.31. The number of carbonyl (C=O) groups is 2. The summed E-state index contributed by atoms with van der Waals surface area (Å²) >= 11 is 0. The first-order chi connectivity index (χ1) is 11.7. The molecular formula is C20H28O4. The largest absolute Gasteiger partial charge is 0.465 e. The fraction of sp³-hybridized carbons (Fsp3) is 0.900. The van der Waals surface area contributed by atoms with Gasteiger partial charge in [0.15, 0.2) is 0 Å². The number of hydrogen-bond donors (Lipinski definition) is 0. The number of hydrogen-bond acceptors (Lipinski definition) is 4. The molecule has 1 saturated heterocycles. The van der Waals surface area contributed by atoms with E-state index in [1.165, 1.54) is 38.5 Å². The second-order valence-corrected chi connectivity index (χ2v) is 9.05. The molecule has 8 atom stereocenters. The highest BCUT2D eigenvalue weighted by Gasteiger charge is 2.65. The van der Waals surface area contributed by atoms with Gasteiger partial charge < -0.3 is 9.47 Å². The van der Waals surface area contributed by atoms with Crippen LogP contribution in [-0.2, 0) is 19.1 Å². The minimum atomic E-state index is -0.105. The molecule has 1 aliphatic heterocycles. The Morgan fingerprint density at radius 1 is 1.00 bits per heavy atom. The van der Waals surface area contributed by atoms with Crippen molar-refractivity contribution in [1.29, 1.82) is 0 Å². The lowest BCUT2D eigenvalue weighted by Crippen LogP contribution is -2.51. The quantitative estimate of drug-likeness (QED) is 0.575. The minimum absolute atomic E-state index is 0.105. The maximum Gasteiger partial charge on any atom is 0.312 e. The van der Waals surface area contributed by atoms with E-state index >= 15 is 0 Å². The number of ether oxygens (including phenoxy) is 2. The smallest absolute Gasteiger partial charge is 0.312 e. The second-order valence-electron chi connectivity index (χ2n) is 9.05. The SMILES string of the molecule is O=CO[C@H]1CC[C@@H]2C3CC[C@]45C(=O)OCC4CCC5C3CC[C@H]2C1. The maximum absolute atomic E-state index is 12.6. The highest BCUT2D eigenvalue weighted by molar-refractivity contribution is 5.80. The zero-order valence-electron chi connectivity index (χ0n) is 14.3. The van der Waals surface area contributed by atoms with Gasteiger partial charge in [0.05, 0.1) is 12.0 Å². The molecule has 132 valence electrons. The van der Waals surface area contributed by atoms with Crippen molar-refractivity contribution in [3.05, 3.63) is 0 Å². The molecule has 0 aromatic carbocycles. The van der Waals surface area contributed by atoms with Crippen molar-refractivity contribution >= 4 is 12.4 Å². The van der Waals surface area contributed by atoms with Crippen molar-refractivity contribution in [3.8, 4) is 0 Å². The van der Waals surface area contributed by atoms with Crippen LogP contribution in [0.4, 0.5) is 0 Å². The first-order valence-electron chi connectivity index (χ1n) is 10.0. The molecule has 0 aromatic heterocycles. The summed E-state index contributed by atoms with van der Waals surface area (Å²) in [7, 11) is 0. The Morgan fingerprint density at radius 2 is 1.88 bits per heavy atom. The van der Waals surface area contributed by atoms with Crippen molar-refractivity contribution in [2.75, 3.05) is 6.61 Å².